The van der Waals surface area contributed by atoms with Crippen LogP contribution in [0.5, 0.6) is 0 Å². The fourth-order valence-electron chi connectivity index (χ4n) is 1.88. The number of nitrogens with two attached hydrogens (primary N) is 1. The molecule has 0 bridgehead atoms. The fourth-order valence-corrected chi connectivity index (χ4v) is 1.88. The molecule has 0 radical (unpaired) electrons. The van der Waals surface area contributed by atoms with E-state index in [1.807, 2.05) is 24.3 Å². The Bertz CT molecular complexity index is 529. The van der Waals surface area contributed by atoms with Gasteiger partial charge in [0, 0.05) is 24.2 Å². The van der Waals surface area contributed by atoms with Gasteiger partial charge in [-0.05, 0) is 19.8 Å². The predicted octanol–water partition coefficient (Wildman–Crippen LogP) is 1.27. The van der Waals surface area contributed by atoms with Gasteiger partial charge in [0.1, 0.15) is 11.6 Å². The Labute approximate surface area is 101 Å². The highest BCUT2D eigenvalue weighted by molar-refractivity contribution is 5.39. The third-order valence-electron chi connectivity index (χ3n) is 3.03. The van der Waals surface area contributed by atoms with E-state index < -0.39 is 0 Å². The zero-order valence-electron chi connectivity index (χ0n) is 10.8. The van der Waals surface area contributed by atoms with Crippen molar-refractivity contribution < 1.29 is 0 Å². The minimum absolute atomic E-state index is 0.100. The second-order valence-electron chi connectivity index (χ2n) is 4.87. The first-order valence-electron chi connectivity index (χ1n) is 5.93. The van der Waals surface area contributed by atoms with Crippen molar-refractivity contribution in [1.82, 2.24) is 19.6 Å². The van der Waals surface area contributed by atoms with Crippen LogP contribution in [0.25, 0.3) is 5.65 Å². The first kappa shape index (κ1) is 12.0. The van der Waals surface area contributed by atoms with Crippen LogP contribution in [0, 0.1) is 19.8 Å². The molecule has 1 atom stereocenters. The summed E-state index contributed by atoms with van der Waals surface area (Å²) in [5.74, 6) is 2.24. The minimum Gasteiger partial charge on any atom is -0.327 e. The zero-order chi connectivity index (χ0) is 12.6. The number of aromatic nitrogens is 4. The molecule has 2 heterocycles. The topological polar surface area (TPSA) is 69.1 Å². The first-order valence-corrected chi connectivity index (χ1v) is 5.93. The highest BCUT2D eigenvalue weighted by atomic mass is 15.3. The standard InChI is InChI=1S/C12H19N5/c1-7(2)10(13)6-12-16-15-11-5-8(3)14-9(4)17(11)12/h5,7,10H,6,13H2,1-4H3. The molecule has 0 amide bonds. The fraction of sp³-hybridized carbons (Fsp3) is 0.583. The van der Waals surface area contributed by atoms with E-state index in [-0.39, 0.29) is 6.04 Å². The van der Waals surface area contributed by atoms with E-state index in [2.05, 4.69) is 29.0 Å². The summed E-state index contributed by atoms with van der Waals surface area (Å²) in [4.78, 5) is 4.43. The lowest BCUT2D eigenvalue weighted by atomic mass is 10.0. The van der Waals surface area contributed by atoms with Gasteiger partial charge in [-0.3, -0.25) is 4.40 Å². The molecule has 2 rings (SSSR count). The Morgan fingerprint density at radius 2 is 2.00 bits per heavy atom. The zero-order valence-corrected chi connectivity index (χ0v) is 10.8. The van der Waals surface area contributed by atoms with Gasteiger partial charge in [-0.2, -0.15) is 0 Å². The van der Waals surface area contributed by atoms with Crippen molar-refractivity contribution in [3.8, 4) is 0 Å². The number of hydrogen-bond donors (Lipinski definition) is 1. The van der Waals surface area contributed by atoms with Crippen LogP contribution in [0.15, 0.2) is 6.07 Å². The molecule has 17 heavy (non-hydrogen) atoms. The maximum absolute atomic E-state index is 6.08. The third kappa shape index (κ3) is 2.29. The Balaban J connectivity index is 2.42. The van der Waals surface area contributed by atoms with Crippen molar-refractivity contribution in [2.75, 3.05) is 0 Å². The van der Waals surface area contributed by atoms with Crippen LogP contribution in [0.3, 0.4) is 0 Å². The average molecular weight is 233 g/mol. The van der Waals surface area contributed by atoms with E-state index in [4.69, 9.17) is 5.73 Å². The summed E-state index contributed by atoms with van der Waals surface area (Å²) in [5.41, 5.74) is 7.89. The Morgan fingerprint density at radius 1 is 1.29 bits per heavy atom. The lowest BCUT2D eigenvalue weighted by molar-refractivity contribution is 0.479. The summed E-state index contributed by atoms with van der Waals surface area (Å²) in [6.07, 6.45) is 0.727. The molecule has 0 aromatic carbocycles. The van der Waals surface area contributed by atoms with Gasteiger partial charge in [0.25, 0.3) is 0 Å². The normalized spacial score (nSPS) is 13.5. The van der Waals surface area contributed by atoms with Crippen LogP contribution in [0.2, 0.25) is 0 Å². The SMILES string of the molecule is Cc1cc2nnc(CC(N)C(C)C)n2c(C)n1. The van der Waals surface area contributed by atoms with E-state index in [1.54, 1.807) is 0 Å². The van der Waals surface area contributed by atoms with E-state index in [0.29, 0.717) is 5.92 Å². The lowest BCUT2D eigenvalue weighted by Crippen LogP contribution is -2.29. The molecule has 5 nitrogen and oxygen atoms in total. The molecule has 2 aromatic rings. The molecule has 0 aliphatic carbocycles. The third-order valence-corrected chi connectivity index (χ3v) is 3.03. The van der Waals surface area contributed by atoms with Crippen molar-refractivity contribution in [3.05, 3.63) is 23.4 Å². The molecule has 0 fully saturated rings. The summed E-state index contributed by atoms with van der Waals surface area (Å²) in [5, 5.41) is 8.38. The van der Waals surface area contributed by atoms with E-state index >= 15 is 0 Å². The quantitative estimate of drug-likeness (QED) is 0.866. The molecule has 0 saturated carbocycles. The van der Waals surface area contributed by atoms with Gasteiger partial charge in [-0.1, -0.05) is 13.8 Å². The summed E-state index contributed by atoms with van der Waals surface area (Å²) in [6, 6.07) is 2.04. The van der Waals surface area contributed by atoms with Crippen LogP contribution < -0.4 is 5.73 Å². The van der Waals surface area contributed by atoms with Crippen molar-refractivity contribution in [1.29, 1.82) is 0 Å². The molecule has 2 N–H and O–H groups in total. The molecular weight excluding hydrogens is 214 g/mol. The smallest absolute Gasteiger partial charge is 0.164 e. The van der Waals surface area contributed by atoms with E-state index in [9.17, 15) is 0 Å². The largest absolute Gasteiger partial charge is 0.327 e. The molecule has 0 spiro atoms. The average Bonchev–Trinajstić information content (AvgIpc) is 2.60. The molecule has 0 aliphatic rings. The van der Waals surface area contributed by atoms with Gasteiger partial charge in [0.2, 0.25) is 0 Å². The highest BCUT2D eigenvalue weighted by Gasteiger charge is 2.15. The van der Waals surface area contributed by atoms with Crippen LogP contribution in [-0.2, 0) is 6.42 Å². The Morgan fingerprint density at radius 3 is 2.65 bits per heavy atom. The van der Waals surface area contributed by atoms with Crippen LogP contribution in [-0.4, -0.2) is 25.6 Å². The first-order chi connectivity index (χ1) is 7.99. The number of hydrogen-bond acceptors (Lipinski definition) is 4. The molecule has 92 valence electrons. The van der Waals surface area contributed by atoms with Gasteiger partial charge in [0.15, 0.2) is 5.65 Å². The minimum atomic E-state index is 0.100. The highest BCUT2D eigenvalue weighted by Crippen LogP contribution is 2.11. The van der Waals surface area contributed by atoms with Crippen LogP contribution in [0.4, 0.5) is 0 Å². The summed E-state index contributed by atoms with van der Waals surface area (Å²) in [7, 11) is 0. The predicted molar refractivity (Wildman–Crippen MR) is 66.8 cm³/mol. The van der Waals surface area contributed by atoms with Crippen molar-refractivity contribution in [2.45, 2.75) is 40.2 Å². The van der Waals surface area contributed by atoms with Crippen molar-refractivity contribution in [3.63, 3.8) is 0 Å². The van der Waals surface area contributed by atoms with Gasteiger partial charge in [-0.25, -0.2) is 4.98 Å². The van der Waals surface area contributed by atoms with Gasteiger partial charge in [0.05, 0.1) is 0 Å². The number of nitrogens with zero attached hydrogens (tertiary/aromatic N) is 4. The monoisotopic (exact) mass is 233 g/mol. The number of aryl methyl sites for hydroxylation is 2. The van der Waals surface area contributed by atoms with Gasteiger partial charge >= 0.3 is 0 Å². The molecule has 2 aromatic heterocycles. The van der Waals surface area contributed by atoms with Crippen LogP contribution in [0.1, 0.15) is 31.2 Å². The summed E-state index contributed by atoms with van der Waals surface area (Å²) < 4.78 is 1.98. The molecule has 0 aliphatic heterocycles. The Kier molecular flexibility index (Phi) is 3.11. The second kappa shape index (κ2) is 4.41. The Hall–Kier alpha value is -1.49. The number of rotatable bonds is 3. The summed E-state index contributed by atoms with van der Waals surface area (Å²) in [6.45, 7) is 8.15. The maximum atomic E-state index is 6.08. The lowest BCUT2D eigenvalue weighted by Gasteiger charge is -2.14. The van der Waals surface area contributed by atoms with E-state index in [1.165, 1.54) is 0 Å². The van der Waals surface area contributed by atoms with Crippen LogP contribution >= 0.6 is 0 Å². The second-order valence-corrected chi connectivity index (χ2v) is 4.87. The van der Waals surface area contributed by atoms with Gasteiger partial charge < -0.3 is 5.73 Å². The van der Waals surface area contributed by atoms with Crippen molar-refractivity contribution in [2.24, 2.45) is 11.7 Å². The maximum Gasteiger partial charge on any atom is 0.164 e. The van der Waals surface area contributed by atoms with Crippen molar-refractivity contribution >= 4 is 5.65 Å². The number of fused-ring (bicyclic) bond motifs is 1. The molecule has 5 heteroatoms. The molecule has 0 saturated heterocycles. The van der Waals surface area contributed by atoms with E-state index in [0.717, 1.165) is 29.4 Å². The molecular formula is C12H19N5. The molecule has 1 unspecified atom stereocenters. The van der Waals surface area contributed by atoms with Gasteiger partial charge in [-0.15, -0.1) is 10.2 Å². The summed E-state index contributed by atoms with van der Waals surface area (Å²) >= 11 is 0.